The number of nitrogens with zero attached hydrogens (tertiary/aromatic N) is 2. The molecule has 2 aliphatic rings. The molecule has 0 saturated heterocycles. The normalized spacial score (nSPS) is 25.4. The molecule has 1 aromatic rings. The van der Waals surface area contributed by atoms with Crippen molar-refractivity contribution < 1.29 is 22.7 Å². The van der Waals surface area contributed by atoms with Gasteiger partial charge in [0.1, 0.15) is 29.5 Å². The first-order valence-electron chi connectivity index (χ1n) is 8.61. The Bertz CT molecular complexity index is 838. The summed E-state index contributed by atoms with van der Waals surface area (Å²) in [5.74, 6) is -2.70. The summed E-state index contributed by atoms with van der Waals surface area (Å²) in [5.41, 5.74) is 9.88. The van der Waals surface area contributed by atoms with Crippen LogP contribution >= 0.6 is 0 Å². The number of pyridine rings is 1. The van der Waals surface area contributed by atoms with Crippen molar-refractivity contribution in [3.05, 3.63) is 47.7 Å². The highest BCUT2D eigenvalue weighted by atomic mass is 19.3. The Labute approximate surface area is 159 Å². The predicted octanol–water partition coefficient (Wildman–Crippen LogP) is 1.93. The number of aromatic nitrogens is 1. The van der Waals surface area contributed by atoms with Crippen molar-refractivity contribution in [2.75, 3.05) is 18.9 Å². The zero-order valence-corrected chi connectivity index (χ0v) is 14.9. The number of nitrogens with one attached hydrogen (secondary N) is 1. The third-order valence-corrected chi connectivity index (χ3v) is 4.72. The molecule has 10 heteroatoms. The van der Waals surface area contributed by atoms with Gasteiger partial charge in [-0.25, -0.2) is 18.2 Å². The summed E-state index contributed by atoms with van der Waals surface area (Å²) in [5, 5.41) is 2.58. The first-order valence-corrected chi connectivity index (χ1v) is 8.61. The van der Waals surface area contributed by atoms with E-state index in [9.17, 15) is 18.0 Å². The van der Waals surface area contributed by atoms with Crippen LogP contribution in [0.1, 0.15) is 23.3 Å². The molecule has 3 rings (SSSR count). The van der Waals surface area contributed by atoms with Crippen molar-refractivity contribution in [2.45, 2.75) is 24.8 Å². The van der Waals surface area contributed by atoms with Crippen molar-refractivity contribution in [3.63, 3.8) is 0 Å². The highest BCUT2D eigenvalue weighted by Crippen LogP contribution is 2.43. The molecule has 1 amide bonds. The van der Waals surface area contributed by atoms with Gasteiger partial charge in [-0.05, 0) is 30.7 Å². The number of nitrogens with two attached hydrogens (primary N) is 2. The van der Waals surface area contributed by atoms with Crippen molar-refractivity contribution in [1.82, 2.24) is 10.3 Å². The van der Waals surface area contributed by atoms with Gasteiger partial charge in [-0.3, -0.25) is 9.79 Å². The van der Waals surface area contributed by atoms with Gasteiger partial charge in [0.25, 0.3) is 12.3 Å². The van der Waals surface area contributed by atoms with E-state index in [2.05, 4.69) is 15.3 Å². The maximum absolute atomic E-state index is 14.6. The number of allylic oxidation sites excluding steroid dienone is 3. The molecule has 0 fully saturated rings. The number of alkyl halides is 2. The Balaban J connectivity index is 1.83. The first-order chi connectivity index (χ1) is 13.3. The van der Waals surface area contributed by atoms with Crippen LogP contribution in [0.2, 0.25) is 0 Å². The maximum Gasteiger partial charge on any atom is 0.273 e. The fourth-order valence-corrected chi connectivity index (χ4v) is 3.27. The number of aliphatic imine (C=N–C) groups is 1. The number of nitrogen functional groups attached to an aromatic ring is 1. The number of anilines is 1. The van der Waals surface area contributed by atoms with E-state index >= 15 is 0 Å². The maximum atomic E-state index is 14.6. The number of carbonyl (C=O) groups excluding carboxylic acids is 1. The van der Waals surface area contributed by atoms with Crippen LogP contribution in [0, 0.1) is 5.92 Å². The summed E-state index contributed by atoms with van der Waals surface area (Å²) < 4.78 is 47.8. The van der Waals surface area contributed by atoms with Crippen LogP contribution in [0.4, 0.5) is 18.9 Å². The average molecular weight is 395 g/mol. The smallest absolute Gasteiger partial charge is 0.273 e. The van der Waals surface area contributed by atoms with Crippen LogP contribution in [0.25, 0.3) is 0 Å². The molecule has 28 heavy (non-hydrogen) atoms. The van der Waals surface area contributed by atoms with Gasteiger partial charge in [0, 0.05) is 24.6 Å². The number of ether oxygens (including phenoxy) is 1. The Morgan fingerprint density at radius 2 is 2.11 bits per heavy atom. The monoisotopic (exact) mass is 395 g/mol. The molecule has 150 valence electrons. The third kappa shape index (κ3) is 4.01. The molecule has 0 spiro atoms. The second kappa shape index (κ2) is 8.01. The van der Waals surface area contributed by atoms with Crippen molar-refractivity contribution in [1.29, 1.82) is 0 Å². The second-order valence-electron chi connectivity index (χ2n) is 6.63. The number of carbonyl (C=O) groups is 1. The molecule has 0 radical (unpaired) electrons. The van der Waals surface area contributed by atoms with E-state index in [-0.39, 0.29) is 43.3 Å². The van der Waals surface area contributed by atoms with Gasteiger partial charge in [-0.2, -0.15) is 0 Å². The summed E-state index contributed by atoms with van der Waals surface area (Å²) in [6, 6.07) is 2.94. The lowest BCUT2D eigenvalue weighted by molar-refractivity contribution is 0.00612. The Morgan fingerprint density at radius 3 is 2.79 bits per heavy atom. The molecule has 0 aromatic carbocycles. The average Bonchev–Trinajstić information content (AvgIpc) is 2.86. The van der Waals surface area contributed by atoms with Crippen molar-refractivity contribution >= 4 is 17.4 Å². The van der Waals surface area contributed by atoms with E-state index in [4.69, 9.17) is 16.2 Å². The molecule has 0 bridgehead atoms. The van der Waals surface area contributed by atoms with Crippen LogP contribution in [0.15, 0.2) is 47.0 Å². The minimum atomic E-state index is -2.97. The lowest BCUT2D eigenvalue weighted by atomic mass is 9.76. The fourth-order valence-electron chi connectivity index (χ4n) is 3.27. The van der Waals surface area contributed by atoms with E-state index in [0.717, 1.165) is 6.08 Å². The van der Waals surface area contributed by atoms with E-state index in [0.29, 0.717) is 5.69 Å². The third-order valence-electron chi connectivity index (χ3n) is 4.72. The van der Waals surface area contributed by atoms with E-state index < -0.39 is 29.6 Å². The van der Waals surface area contributed by atoms with Crippen LogP contribution < -0.4 is 16.8 Å². The van der Waals surface area contributed by atoms with Crippen molar-refractivity contribution in [2.24, 2.45) is 16.6 Å². The second-order valence-corrected chi connectivity index (χ2v) is 6.63. The molecule has 1 aliphatic heterocycles. The van der Waals surface area contributed by atoms with Gasteiger partial charge >= 0.3 is 0 Å². The largest absolute Gasteiger partial charge is 0.397 e. The number of hydrogen-bond donors (Lipinski definition) is 3. The van der Waals surface area contributed by atoms with E-state index in [1.165, 1.54) is 24.4 Å². The SMILES string of the molecule is NC1=N[C@](C(F)F)(C2CC(NC(=O)c3ccc(N)cn3)=CC=C2F)CCOC1. The van der Waals surface area contributed by atoms with Gasteiger partial charge in [-0.1, -0.05) is 0 Å². The minimum Gasteiger partial charge on any atom is -0.397 e. The van der Waals surface area contributed by atoms with E-state index in [1.54, 1.807) is 0 Å². The van der Waals surface area contributed by atoms with Crippen LogP contribution in [0.5, 0.6) is 0 Å². The Kier molecular flexibility index (Phi) is 5.68. The molecule has 2 atom stereocenters. The topological polar surface area (TPSA) is 116 Å². The Hall–Kier alpha value is -2.88. The number of halogens is 3. The zero-order valence-electron chi connectivity index (χ0n) is 14.9. The fraction of sp³-hybridized carbons (Fsp3) is 0.389. The molecule has 1 aliphatic carbocycles. The lowest BCUT2D eigenvalue weighted by Crippen LogP contribution is -2.46. The van der Waals surface area contributed by atoms with Gasteiger partial charge in [-0.15, -0.1) is 0 Å². The molecule has 1 aromatic heterocycles. The minimum absolute atomic E-state index is 0.0287. The molecule has 5 N–H and O–H groups in total. The lowest BCUT2D eigenvalue weighted by Gasteiger charge is -2.37. The highest BCUT2D eigenvalue weighted by molar-refractivity contribution is 5.93. The zero-order chi connectivity index (χ0) is 20.3. The summed E-state index contributed by atoms with van der Waals surface area (Å²) >= 11 is 0. The quantitative estimate of drug-likeness (QED) is 0.721. The highest BCUT2D eigenvalue weighted by Gasteiger charge is 2.50. The van der Waals surface area contributed by atoms with E-state index in [1.807, 2.05) is 0 Å². The Morgan fingerprint density at radius 1 is 1.32 bits per heavy atom. The van der Waals surface area contributed by atoms with Crippen LogP contribution in [-0.2, 0) is 4.74 Å². The molecule has 2 heterocycles. The van der Waals surface area contributed by atoms with Gasteiger partial charge < -0.3 is 21.5 Å². The van der Waals surface area contributed by atoms with Crippen molar-refractivity contribution in [3.8, 4) is 0 Å². The molecular weight excluding hydrogens is 375 g/mol. The summed E-state index contributed by atoms with van der Waals surface area (Å²) in [6.07, 6.45) is 0.372. The van der Waals surface area contributed by atoms with Crippen LogP contribution in [0.3, 0.4) is 0 Å². The number of amides is 1. The molecule has 1 unspecified atom stereocenters. The number of amidine groups is 1. The van der Waals surface area contributed by atoms with Gasteiger partial charge in [0.2, 0.25) is 0 Å². The van der Waals surface area contributed by atoms with Gasteiger partial charge in [0.05, 0.1) is 11.9 Å². The number of hydrogen-bond acceptors (Lipinski definition) is 6. The standard InChI is InChI=1S/C18H20F3N5O2/c19-13-3-2-11(25-16(27)14-4-1-10(22)8-24-14)7-12(13)18(17(20)21)5-6-28-9-15(23)26-18/h1-4,8,12,17H,5-7,9,22H2,(H2,23,26)(H,25,27)/t12?,18-/m0/s1. The predicted molar refractivity (Wildman–Crippen MR) is 97.3 cm³/mol. The first kappa shape index (κ1) is 19.9. The summed E-state index contributed by atoms with van der Waals surface area (Å²) in [6.45, 7) is -0.117. The molecule has 7 nitrogen and oxygen atoms in total. The summed E-state index contributed by atoms with van der Waals surface area (Å²) in [7, 11) is 0. The molecular formula is C18H20F3N5O2. The summed E-state index contributed by atoms with van der Waals surface area (Å²) in [4.78, 5) is 20.2. The van der Waals surface area contributed by atoms with Crippen LogP contribution in [-0.4, -0.2) is 41.9 Å². The molecule has 0 saturated carbocycles. The van der Waals surface area contributed by atoms with Gasteiger partial charge in [0.15, 0.2) is 0 Å². The number of rotatable bonds is 4.